The largest absolute Gasteiger partial charge is 0.383 e. The van der Waals surface area contributed by atoms with Gasteiger partial charge in [0.25, 0.3) is 11.1 Å². The van der Waals surface area contributed by atoms with Crippen molar-refractivity contribution in [1.82, 2.24) is 38.6 Å². The van der Waals surface area contributed by atoms with Gasteiger partial charge in [-0.15, -0.1) is 0 Å². The molecule has 4 N–H and O–H groups in total. The normalized spacial score (nSPS) is 11.1. The lowest BCUT2D eigenvalue weighted by Crippen LogP contribution is -2.29. The van der Waals surface area contributed by atoms with Crippen molar-refractivity contribution < 1.29 is 0 Å². The van der Waals surface area contributed by atoms with E-state index in [0.717, 1.165) is 16.7 Å². The Labute approximate surface area is 219 Å². The zero-order valence-corrected chi connectivity index (χ0v) is 22.8. The fourth-order valence-corrected chi connectivity index (χ4v) is 3.81. The molecule has 0 unspecified atom stereocenters. The van der Waals surface area contributed by atoms with Crippen molar-refractivity contribution in [3.63, 3.8) is 0 Å². The molecule has 0 saturated carbocycles. The first-order chi connectivity index (χ1) is 17.9. The number of aromatic amines is 2. The van der Waals surface area contributed by atoms with Gasteiger partial charge in [-0.05, 0) is 60.6 Å². The van der Waals surface area contributed by atoms with E-state index in [1.165, 1.54) is 23.2 Å². The van der Waals surface area contributed by atoms with E-state index >= 15 is 0 Å². The number of nitrogens with zero attached hydrogens (tertiary/aromatic N) is 6. The van der Waals surface area contributed by atoms with Crippen LogP contribution >= 0.6 is 0 Å². The molecule has 0 saturated heterocycles. The minimum Gasteiger partial charge on any atom is -0.383 e. The highest BCUT2D eigenvalue weighted by molar-refractivity contribution is 5.86. The highest BCUT2D eigenvalue weighted by Gasteiger charge is 2.09. The smallest absolute Gasteiger partial charge is 0.328 e. The Hall–Kier alpha value is -4.48. The number of H-pyrrole nitrogens is 2. The van der Waals surface area contributed by atoms with Crippen LogP contribution in [-0.4, -0.2) is 38.6 Å². The Kier molecular flexibility index (Phi) is 8.66. The zero-order chi connectivity index (χ0) is 28.1. The molecule has 5 heterocycles. The molecule has 0 radical (unpaired) electrons. The van der Waals surface area contributed by atoms with Crippen molar-refractivity contribution in [2.45, 2.75) is 66.6 Å². The van der Waals surface area contributed by atoms with E-state index in [2.05, 4.69) is 57.2 Å². The lowest BCUT2D eigenvalue weighted by Gasteiger charge is -2.07. The lowest BCUT2D eigenvalue weighted by molar-refractivity contribution is 0.561. The SMILES string of the molecule is CC(C)n1ccc(=O)[nH]c1=O.CC(C)n1ccc2c(N)ncnc21.Cc1nc2c(ccn2C(C)C)c(=O)[nH]1. The van der Waals surface area contributed by atoms with Gasteiger partial charge < -0.3 is 19.9 Å². The molecule has 0 amide bonds. The number of aryl methyl sites for hydroxylation is 1. The first-order valence-electron chi connectivity index (χ1n) is 12.4. The summed E-state index contributed by atoms with van der Waals surface area (Å²) in [5, 5.41) is 1.58. The summed E-state index contributed by atoms with van der Waals surface area (Å²) in [6, 6.07) is 5.89. The van der Waals surface area contributed by atoms with Gasteiger partial charge in [0, 0.05) is 42.8 Å². The summed E-state index contributed by atoms with van der Waals surface area (Å²) in [4.78, 5) is 50.4. The predicted molar refractivity (Wildman–Crippen MR) is 150 cm³/mol. The number of fused-ring (bicyclic) bond motifs is 2. The van der Waals surface area contributed by atoms with Crippen molar-refractivity contribution in [2.75, 3.05) is 5.73 Å². The van der Waals surface area contributed by atoms with E-state index in [0.29, 0.717) is 29.1 Å². The molecule has 5 aromatic heterocycles. The van der Waals surface area contributed by atoms with Crippen LogP contribution in [0.5, 0.6) is 0 Å². The summed E-state index contributed by atoms with van der Waals surface area (Å²) in [7, 11) is 0. The average Bonchev–Trinajstić information content (AvgIpc) is 3.45. The summed E-state index contributed by atoms with van der Waals surface area (Å²) in [6.07, 6.45) is 6.87. The average molecular weight is 522 g/mol. The number of rotatable bonds is 3. The van der Waals surface area contributed by atoms with Crippen LogP contribution < -0.4 is 22.5 Å². The van der Waals surface area contributed by atoms with E-state index < -0.39 is 0 Å². The molecule has 0 atom stereocenters. The maximum absolute atomic E-state index is 11.5. The highest BCUT2D eigenvalue weighted by atomic mass is 16.2. The van der Waals surface area contributed by atoms with E-state index in [1.54, 1.807) is 13.0 Å². The Bertz CT molecular complexity index is 1700. The molecule has 0 fully saturated rings. The number of aromatic nitrogens is 8. The standard InChI is InChI=1S/C10H13N3O.C9H12N4.C7H10N2O2/c1-6(2)13-5-4-8-9(13)11-7(3)12-10(8)14;1-6(2)13-4-3-7-8(10)11-5-12-9(7)13;1-5(2)9-4-3-6(10)8-7(9)11/h4-6H,1-3H3,(H,11,12,14);3-6H,1-2H3,(H2,10,11,12);3-5H,1-2H3,(H,8,10,11). The van der Waals surface area contributed by atoms with E-state index in [1.807, 2.05) is 36.9 Å². The molecule has 0 aliphatic heterocycles. The molecular weight excluding hydrogens is 486 g/mol. The predicted octanol–water partition coefficient (Wildman–Crippen LogP) is 3.33. The Balaban J connectivity index is 0.000000159. The molecule has 5 aromatic rings. The third-order valence-electron chi connectivity index (χ3n) is 5.76. The lowest BCUT2D eigenvalue weighted by atomic mass is 10.4. The van der Waals surface area contributed by atoms with Gasteiger partial charge in [0.1, 0.15) is 29.3 Å². The number of nitrogens with two attached hydrogens (primary N) is 1. The molecule has 5 rings (SSSR count). The van der Waals surface area contributed by atoms with Crippen LogP contribution in [-0.2, 0) is 0 Å². The Morgan fingerprint density at radius 1 is 0.737 bits per heavy atom. The maximum Gasteiger partial charge on any atom is 0.328 e. The van der Waals surface area contributed by atoms with Crippen LogP contribution in [0.15, 0.2) is 57.5 Å². The second kappa shape index (κ2) is 11.7. The first-order valence-corrected chi connectivity index (χ1v) is 12.4. The van der Waals surface area contributed by atoms with Crippen molar-refractivity contribution in [3.8, 4) is 0 Å². The van der Waals surface area contributed by atoms with Gasteiger partial charge in [0.15, 0.2) is 0 Å². The third kappa shape index (κ3) is 6.25. The first kappa shape index (κ1) is 28.1. The molecule has 12 heteroatoms. The van der Waals surface area contributed by atoms with Gasteiger partial charge in [-0.1, -0.05) is 0 Å². The van der Waals surface area contributed by atoms with Crippen LogP contribution in [0, 0.1) is 6.92 Å². The summed E-state index contributed by atoms with van der Waals surface area (Å²) in [5.74, 6) is 1.20. The minimum absolute atomic E-state index is 0.0631. The minimum atomic E-state index is -0.355. The van der Waals surface area contributed by atoms with Crippen LogP contribution in [0.3, 0.4) is 0 Å². The molecule has 38 heavy (non-hydrogen) atoms. The molecule has 12 nitrogen and oxygen atoms in total. The molecule has 202 valence electrons. The number of nitrogens with one attached hydrogen (secondary N) is 2. The van der Waals surface area contributed by atoms with Gasteiger partial charge in [-0.2, -0.15) is 0 Å². The number of hydrogen-bond acceptors (Lipinski definition) is 7. The van der Waals surface area contributed by atoms with Gasteiger partial charge in [0.05, 0.1) is 10.8 Å². The fourth-order valence-electron chi connectivity index (χ4n) is 3.81. The Morgan fingerprint density at radius 2 is 1.29 bits per heavy atom. The second-order valence-corrected chi connectivity index (χ2v) is 9.63. The van der Waals surface area contributed by atoms with E-state index in [4.69, 9.17) is 5.73 Å². The van der Waals surface area contributed by atoms with Crippen LogP contribution in [0.1, 0.15) is 65.5 Å². The maximum atomic E-state index is 11.5. The van der Waals surface area contributed by atoms with Crippen LogP contribution in [0.25, 0.3) is 22.1 Å². The molecule has 0 spiro atoms. The summed E-state index contributed by atoms with van der Waals surface area (Å²) in [6.45, 7) is 13.9. The van der Waals surface area contributed by atoms with Crippen molar-refractivity contribution >= 4 is 27.9 Å². The highest BCUT2D eigenvalue weighted by Crippen LogP contribution is 2.20. The third-order valence-corrected chi connectivity index (χ3v) is 5.76. The van der Waals surface area contributed by atoms with Gasteiger partial charge in [-0.3, -0.25) is 19.1 Å². The van der Waals surface area contributed by atoms with E-state index in [-0.39, 0.29) is 22.9 Å². The molecule has 0 aromatic carbocycles. The number of anilines is 1. The fraction of sp³-hybridized carbons (Fsp3) is 0.385. The quantitative estimate of drug-likeness (QED) is 0.328. The van der Waals surface area contributed by atoms with Crippen LogP contribution in [0.4, 0.5) is 5.82 Å². The number of hydrogen-bond donors (Lipinski definition) is 3. The summed E-state index contributed by atoms with van der Waals surface area (Å²) < 4.78 is 5.53. The van der Waals surface area contributed by atoms with E-state index in [9.17, 15) is 14.4 Å². The number of nitrogen functional groups attached to an aromatic ring is 1. The van der Waals surface area contributed by atoms with Crippen LogP contribution in [0.2, 0.25) is 0 Å². The molecule has 0 aliphatic carbocycles. The van der Waals surface area contributed by atoms with Gasteiger partial charge in [-0.25, -0.2) is 19.7 Å². The van der Waals surface area contributed by atoms with Crippen molar-refractivity contribution in [2.24, 2.45) is 0 Å². The topological polar surface area (TPSA) is 162 Å². The summed E-state index contributed by atoms with van der Waals surface area (Å²) >= 11 is 0. The van der Waals surface area contributed by atoms with Crippen molar-refractivity contribution in [3.05, 3.63) is 80.1 Å². The van der Waals surface area contributed by atoms with Gasteiger partial charge >= 0.3 is 5.69 Å². The Morgan fingerprint density at radius 3 is 1.87 bits per heavy atom. The monoisotopic (exact) mass is 521 g/mol. The van der Waals surface area contributed by atoms with Gasteiger partial charge in [0.2, 0.25) is 0 Å². The molecule has 0 bridgehead atoms. The molecular formula is C26H35N9O3. The second-order valence-electron chi connectivity index (χ2n) is 9.63. The van der Waals surface area contributed by atoms with Crippen molar-refractivity contribution in [1.29, 1.82) is 0 Å². The molecule has 0 aliphatic rings. The summed E-state index contributed by atoms with van der Waals surface area (Å²) in [5.41, 5.74) is 6.60. The zero-order valence-electron chi connectivity index (χ0n) is 22.8.